The Bertz CT molecular complexity index is 1850. The van der Waals surface area contributed by atoms with Crippen molar-refractivity contribution >= 4 is 45.3 Å². The predicted molar refractivity (Wildman–Crippen MR) is 175 cm³/mol. The summed E-state index contributed by atoms with van der Waals surface area (Å²) in [5, 5.41) is 8.01. The molecule has 10 heteroatoms. The Labute approximate surface area is 256 Å². The number of carbonyl (C=O) groups is 1. The van der Waals surface area contributed by atoms with E-state index < -0.39 is 0 Å². The minimum atomic E-state index is -0.0687. The fourth-order valence-electron chi connectivity index (χ4n) is 6.09. The topological polar surface area (TPSA) is 118 Å². The highest BCUT2D eigenvalue weighted by atomic mass is 16.4. The number of aromatic nitrogens is 4. The largest absolute Gasteiger partial charge is 0.440 e. The fraction of sp³-hybridized carbons (Fsp3) is 0.382. The zero-order valence-electron chi connectivity index (χ0n) is 25.6. The van der Waals surface area contributed by atoms with Crippen LogP contribution < -0.4 is 21.0 Å². The number of piperazine rings is 1. The van der Waals surface area contributed by atoms with Gasteiger partial charge in [0, 0.05) is 74.1 Å². The highest BCUT2D eigenvalue weighted by Crippen LogP contribution is 2.35. The minimum Gasteiger partial charge on any atom is -0.440 e. The Balaban J connectivity index is 0.00000110. The van der Waals surface area contributed by atoms with Crippen LogP contribution in [-0.2, 0) is 0 Å². The number of fused-ring (bicyclic) bond motifs is 2. The molecular weight excluding hydrogens is 554 g/mol. The van der Waals surface area contributed by atoms with Crippen molar-refractivity contribution < 1.29 is 9.21 Å². The van der Waals surface area contributed by atoms with Crippen molar-refractivity contribution in [3.05, 3.63) is 70.9 Å². The van der Waals surface area contributed by atoms with E-state index in [4.69, 9.17) is 9.40 Å². The van der Waals surface area contributed by atoms with Gasteiger partial charge in [-0.25, -0.2) is 4.98 Å². The predicted octanol–water partition coefficient (Wildman–Crippen LogP) is 6.49. The fourth-order valence-corrected chi connectivity index (χ4v) is 6.09. The van der Waals surface area contributed by atoms with Gasteiger partial charge in [0.1, 0.15) is 11.2 Å². The Morgan fingerprint density at radius 1 is 1.07 bits per heavy atom. The Hall–Kier alpha value is -4.57. The van der Waals surface area contributed by atoms with E-state index in [0.717, 1.165) is 74.0 Å². The van der Waals surface area contributed by atoms with Gasteiger partial charge in [-0.3, -0.25) is 14.6 Å². The molecule has 1 saturated heterocycles. The molecule has 4 aromatic heterocycles. The second-order valence-electron chi connectivity index (χ2n) is 11.5. The third kappa shape index (κ3) is 5.94. The number of hydrogen-bond acceptors (Lipinski definition) is 9. The molecule has 0 spiro atoms. The average Bonchev–Trinajstić information content (AvgIpc) is 3.70. The molecule has 7 rings (SSSR count). The Kier molecular flexibility index (Phi) is 8.70. The SMILES string of the molecule is CC(=O)c1cc2cnc(Nc3cncc(-c4cccc5c(=O)cc(N6CCNCC6)oc45)c3)nc2n1C1CCCC1.CCC. The van der Waals surface area contributed by atoms with Crippen LogP contribution in [0.2, 0.25) is 0 Å². The summed E-state index contributed by atoms with van der Waals surface area (Å²) in [6.07, 6.45) is 10.9. The molecule has 0 bridgehead atoms. The number of ketones is 1. The lowest BCUT2D eigenvalue weighted by Crippen LogP contribution is -2.43. The third-order valence-electron chi connectivity index (χ3n) is 8.10. The standard InChI is InChI=1S/C31H31N7O3.C3H8/c1-19(39)26-14-21-17-34-31(36-30(21)38(26)23-5-2-3-6-23)35-22-13-20(16-33-18-22)24-7-4-8-25-27(40)15-28(41-29(24)25)37-11-9-32-10-12-37;1-3-2/h4,7-8,13-18,23,32H,2-3,5-6,9-12H2,1H3,(H,34,35,36);3H2,1-2H3. The summed E-state index contributed by atoms with van der Waals surface area (Å²) in [5.74, 6) is 1.04. The number of carbonyl (C=O) groups excluding carboxylic acids is 1. The summed E-state index contributed by atoms with van der Waals surface area (Å²) in [7, 11) is 0. The molecule has 44 heavy (non-hydrogen) atoms. The van der Waals surface area contributed by atoms with E-state index in [1.807, 2.05) is 24.3 Å². The first-order chi connectivity index (χ1) is 21.5. The molecular formula is C34H39N7O3. The first-order valence-corrected chi connectivity index (χ1v) is 15.6. The number of pyridine rings is 1. The van der Waals surface area contributed by atoms with Crippen molar-refractivity contribution in [3.8, 4) is 11.1 Å². The van der Waals surface area contributed by atoms with Crippen LogP contribution in [0.4, 0.5) is 17.5 Å². The van der Waals surface area contributed by atoms with E-state index in [9.17, 15) is 9.59 Å². The normalized spacial score (nSPS) is 15.4. The van der Waals surface area contributed by atoms with Gasteiger partial charge in [-0.15, -0.1) is 0 Å². The van der Waals surface area contributed by atoms with Crippen LogP contribution in [0.1, 0.15) is 69.4 Å². The van der Waals surface area contributed by atoms with Crippen LogP contribution in [-0.4, -0.2) is 51.5 Å². The quantitative estimate of drug-likeness (QED) is 0.213. The van der Waals surface area contributed by atoms with Crippen molar-refractivity contribution in [1.29, 1.82) is 0 Å². The molecule has 5 heterocycles. The summed E-state index contributed by atoms with van der Waals surface area (Å²) < 4.78 is 8.45. The zero-order valence-corrected chi connectivity index (χ0v) is 25.6. The lowest BCUT2D eigenvalue weighted by atomic mass is 10.0. The minimum absolute atomic E-state index is 0.0307. The van der Waals surface area contributed by atoms with Gasteiger partial charge >= 0.3 is 0 Å². The van der Waals surface area contributed by atoms with Crippen molar-refractivity contribution in [1.82, 2.24) is 24.8 Å². The summed E-state index contributed by atoms with van der Waals surface area (Å²) in [5.41, 5.74) is 4.20. The van der Waals surface area contributed by atoms with Crippen LogP contribution in [0.25, 0.3) is 33.1 Å². The molecule has 2 fully saturated rings. The number of nitrogens with one attached hydrogen (secondary N) is 2. The van der Waals surface area contributed by atoms with E-state index >= 15 is 0 Å². The molecule has 228 valence electrons. The van der Waals surface area contributed by atoms with E-state index in [1.165, 1.54) is 6.42 Å². The zero-order chi connectivity index (χ0) is 30.6. The van der Waals surface area contributed by atoms with Crippen LogP contribution in [0, 0.1) is 0 Å². The van der Waals surface area contributed by atoms with Gasteiger partial charge < -0.3 is 24.5 Å². The van der Waals surface area contributed by atoms with Gasteiger partial charge in [-0.2, -0.15) is 4.98 Å². The maximum Gasteiger partial charge on any atom is 0.229 e. The molecule has 0 atom stereocenters. The number of hydrogen-bond donors (Lipinski definition) is 2. The second-order valence-corrected chi connectivity index (χ2v) is 11.5. The molecule has 0 amide bonds. The summed E-state index contributed by atoms with van der Waals surface area (Å²) in [4.78, 5) is 41.4. The first-order valence-electron chi connectivity index (χ1n) is 15.6. The van der Waals surface area contributed by atoms with Crippen LogP contribution in [0.15, 0.2) is 64.2 Å². The number of nitrogens with zero attached hydrogens (tertiary/aromatic N) is 5. The van der Waals surface area contributed by atoms with Crippen molar-refractivity contribution in [3.63, 3.8) is 0 Å². The Morgan fingerprint density at radius 3 is 2.59 bits per heavy atom. The Morgan fingerprint density at radius 2 is 1.84 bits per heavy atom. The first kappa shape index (κ1) is 29.5. The number of Topliss-reactive ketones (excluding diaryl/α,β-unsaturated/α-hetero) is 1. The molecule has 1 aliphatic carbocycles. The van der Waals surface area contributed by atoms with E-state index in [-0.39, 0.29) is 17.3 Å². The maximum absolute atomic E-state index is 13.0. The van der Waals surface area contributed by atoms with Crippen molar-refractivity contribution in [2.75, 3.05) is 36.4 Å². The number of anilines is 3. The second kappa shape index (κ2) is 13.0. The summed E-state index contributed by atoms with van der Waals surface area (Å²) in [6, 6.07) is 11.3. The lowest BCUT2D eigenvalue weighted by Gasteiger charge is -2.27. The van der Waals surface area contributed by atoms with Crippen LogP contribution in [0.5, 0.6) is 0 Å². The molecule has 5 aromatic rings. The van der Waals surface area contributed by atoms with Gasteiger partial charge in [-0.1, -0.05) is 45.2 Å². The van der Waals surface area contributed by atoms with Gasteiger partial charge in [0.05, 0.1) is 23.0 Å². The van der Waals surface area contributed by atoms with Crippen LogP contribution >= 0.6 is 0 Å². The van der Waals surface area contributed by atoms with Crippen molar-refractivity contribution in [2.24, 2.45) is 0 Å². The van der Waals surface area contributed by atoms with E-state index in [1.54, 1.807) is 37.6 Å². The highest BCUT2D eigenvalue weighted by molar-refractivity contribution is 5.98. The van der Waals surface area contributed by atoms with E-state index in [2.05, 4.69) is 43.9 Å². The molecule has 10 nitrogen and oxygen atoms in total. The maximum atomic E-state index is 13.0. The molecule has 1 saturated carbocycles. The van der Waals surface area contributed by atoms with Crippen LogP contribution in [0.3, 0.4) is 0 Å². The number of rotatable bonds is 6. The average molecular weight is 594 g/mol. The van der Waals surface area contributed by atoms with Gasteiger partial charge in [0.25, 0.3) is 0 Å². The number of para-hydroxylation sites is 1. The van der Waals surface area contributed by atoms with E-state index in [0.29, 0.717) is 34.2 Å². The molecule has 0 radical (unpaired) electrons. The summed E-state index contributed by atoms with van der Waals surface area (Å²) in [6.45, 7) is 9.10. The monoisotopic (exact) mass is 593 g/mol. The number of benzene rings is 1. The molecule has 2 aliphatic rings. The van der Waals surface area contributed by atoms with Gasteiger partial charge in [0.15, 0.2) is 17.1 Å². The molecule has 1 aromatic carbocycles. The van der Waals surface area contributed by atoms with Crippen molar-refractivity contribution in [2.45, 2.75) is 58.9 Å². The molecule has 0 unspecified atom stereocenters. The lowest BCUT2D eigenvalue weighted by molar-refractivity contribution is 0.100. The molecule has 1 aliphatic heterocycles. The third-order valence-corrected chi connectivity index (χ3v) is 8.10. The van der Waals surface area contributed by atoms with Gasteiger partial charge in [-0.05, 0) is 31.0 Å². The van der Waals surface area contributed by atoms with Gasteiger partial charge in [0.2, 0.25) is 5.95 Å². The smallest absolute Gasteiger partial charge is 0.229 e. The highest BCUT2D eigenvalue weighted by Gasteiger charge is 2.24. The summed E-state index contributed by atoms with van der Waals surface area (Å²) >= 11 is 0. The molecule has 2 N–H and O–H groups in total.